The lowest BCUT2D eigenvalue weighted by atomic mass is 10.0. The third-order valence-electron chi connectivity index (χ3n) is 5.11. The SMILES string of the molecule is CCCCOC(=O)NC(CNC(=O)CC1CC(CCCNC2N=CCCN2)ON1)C(=O)O. The molecule has 1 fully saturated rings. The van der Waals surface area contributed by atoms with E-state index in [1.807, 2.05) is 13.1 Å². The highest BCUT2D eigenvalue weighted by molar-refractivity contribution is 5.82. The molecule has 2 rings (SSSR count). The largest absolute Gasteiger partial charge is 0.480 e. The first-order valence-corrected chi connectivity index (χ1v) is 11.3. The van der Waals surface area contributed by atoms with E-state index >= 15 is 0 Å². The molecule has 2 aliphatic heterocycles. The zero-order chi connectivity index (χ0) is 23.2. The number of aliphatic imine (C=N–C) groups is 1. The highest BCUT2D eigenvalue weighted by Gasteiger charge is 2.28. The summed E-state index contributed by atoms with van der Waals surface area (Å²) in [7, 11) is 0. The summed E-state index contributed by atoms with van der Waals surface area (Å²) in [5.74, 6) is -1.56. The molecule has 1 saturated heterocycles. The molecule has 2 aliphatic rings. The van der Waals surface area contributed by atoms with E-state index in [-0.39, 0.29) is 43.9 Å². The summed E-state index contributed by atoms with van der Waals surface area (Å²) in [6.07, 6.45) is 6.22. The number of nitrogens with one attached hydrogen (secondary N) is 5. The Morgan fingerprint density at radius 2 is 2.19 bits per heavy atom. The van der Waals surface area contributed by atoms with Gasteiger partial charge in [0, 0.05) is 31.8 Å². The first kappa shape index (κ1) is 26.0. The second-order valence-electron chi connectivity index (χ2n) is 7.90. The third kappa shape index (κ3) is 10.4. The number of hydrogen-bond acceptors (Lipinski definition) is 9. The Morgan fingerprint density at radius 1 is 1.34 bits per heavy atom. The fraction of sp³-hybridized carbons (Fsp3) is 0.800. The van der Waals surface area contributed by atoms with Crippen LogP contribution in [0.5, 0.6) is 0 Å². The van der Waals surface area contributed by atoms with Crippen LogP contribution in [0.3, 0.4) is 0 Å². The van der Waals surface area contributed by atoms with Gasteiger partial charge in [0.15, 0.2) is 6.29 Å². The van der Waals surface area contributed by atoms with Crippen LogP contribution in [-0.2, 0) is 19.2 Å². The average Bonchev–Trinajstić information content (AvgIpc) is 3.22. The number of aliphatic carboxylic acids is 1. The summed E-state index contributed by atoms with van der Waals surface area (Å²) in [6, 6.07) is -1.41. The number of hydrogen-bond donors (Lipinski definition) is 6. The molecule has 0 aromatic heterocycles. The van der Waals surface area contributed by atoms with Crippen LogP contribution in [0.2, 0.25) is 0 Å². The van der Waals surface area contributed by atoms with Crippen molar-refractivity contribution in [1.82, 2.24) is 26.7 Å². The van der Waals surface area contributed by atoms with Crippen molar-refractivity contribution in [3.05, 3.63) is 0 Å². The first-order valence-electron chi connectivity index (χ1n) is 11.3. The van der Waals surface area contributed by atoms with Gasteiger partial charge in [0.05, 0.1) is 12.7 Å². The molecular weight excluding hydrogens is 420 g/mol. The standard InChI is InChI=1S/C20H36N6O6/c1-2-3-10-31-20(30)25-16(18(28)29)13-24-17(27)12-14-11-15(32-26-14)6-4-7-21-19-22-8-5-9-23-19/h8,14-16,19,21,23,26H,2-7,9-13H2,1H3,(H,24,27)(H,25,30)(H,28,29). The fourth-order valence-electron chi connectivity index (χ4n) is 3.32. The number of carboxylic acid groups (broad SMARTS) is 1. The maximum absolute atomic E-state index is 12.2. The fourth-order valence-corrected chi connectivity index (χ4v) is 3.32. The molecule has 12 heteroatoms. The average molecular weight is 457 g/mol. The summed E-state index contributed by atoms with van der Waals surface area (Å²) in [4.78, 5) is 45.0. The van der Waals surface area contributed by atoms with Crippen molar-refractivity contribution in [2.45, 2.75) is 76.3 Å². The lowest BCUT2D eigenvalue weighted by Gasteiger charge is -2.19. The van der Waals surface area contributed by atoms with Crippen LogP contribution in [0.25, 0.3) is 0 Å². The highest BCUT2D eigenvalue weighted by Crippen LogP contribution is 2.17. The number of carbonyl (C=O) groups is 3. The van der Waals surface area contributed by atoms with Crippen molar-refractivity contribution in [3.8, 4) is 0 Å². The topological polar surface area (TPSA) is 162 Å². The maximum Gasteiger partial charge on any atom is 0.407 e. The van der Waals surface area contributed by atoms with Crippen LogP contribution in [0.4, 0.5) is 4.79 Å². The van der Waals surface area contributed by atoms with Crippen molar-refractivity contribution >= 4 is 24.2 Å². The van der Waals surface area contributed by atoms with Gasteiger partial charge in [-0.1, -0.05) is 13.3 Å². The van der Waals surface area contributed by atoms with Gasteiger partial charge < -0.3 is 20.5 Å². The van der Waals surface area contributed by atoms with E-state index in [0.29, 0.717) is 12.8 Å². The smallest absolute Gasteiger partial charge is 0.407 e. The molecule has 6 N–H and O–H groups in total. The van der Waals surface area contributed by atoms with Gasteiger partial charge in [-0.25, -0.2) is 9.59 Å². The van der Waals surface area contributed by atoms with Crippen molar-refractivity contribution in [2.75, 3.05) is 26.2 Å². The minimum absolute atomic E-state index is 0.0174. The molecule has 0 aromatic rings. The molecule has 32 heavy (non-hydrogen) atoms. The second-order valence-corrected chi connectivity index (χ2v) is 7.90. The van der Waals surface area contributed by atoms with Crippen molar-refractivity contribution in [3.63, 3.8) is 0 Å². The van der Waals surface area contributed by atoms with Gasteiger partial charge in [-0.15, -0.1) is 0 Å². The molecule has 4 atom stereocenters. The summed E-state index contributed by atoms with van der Waals surface area (Å²) < 4.78 is 4.90. The molecule has 0 aliphatic carbocycles. The molecule has 4 unspecified atom stereocenters. The Balaban J connectivity index is 1.58. The number of amides is 2. The first-order chi connectivity index (χ1) is 15.5. The molecule has 0 aromatic carbocycles. The Morgan fingerprint density at radius 3 is 2.91 bits per heavy atom. The van der Waals surface area contributed by atoms with E-state index in [1.165, 1.54) is 0 Å². The summed E-state index contributed by atoms with van der Waals surface area (Å²) in [6.45, 7) is 3.68. The van der Waals surface area contributed by atoms with E-state index in [0.717, 1.165) is 38.8 Å². The van der Waals surface area contributed by atoms with Gasteiger partial charge in [0.2, 0.25) is 5.91 Å². The van der Waals surface area contributed by atoms with Gasteiger partial charge in [-0.2, -0.15) is 5.48 Å². The van der Waals surface area contributed by atoms with Gasteiger partial charge in [0.1, 0.15) is 6.04 Å². The van der Waals surface area contributed by atoms with Gasteiger partial charge in [0.25, 0.3) is 0 Å². The van der Waals surface area contributed by atoms with Crippen LogP contribution in [0.15, 0.2) is 4.99 Å². The lowest BCUT2D eigenvalue weighted by molar-refractivity contribution is -0.139. The Bertz CT molecular complexity index is 634. The quantitative estimate of drug-likeness (QED) is 0.195. The summed E-state index contributed by atoms with van der Waals surface area (Å²) >= 11 is 0. The van der Waals surface area contributed by atoms with Crippen LogP contribution in [0.1, 0.15) is 51.9 Å². The van der Waals surface area contributed by atoms with Crippen LogP contribution in [0, 0.1) is 0 Å². The van der Waals surface area contributed by atoms with E-state index in [1.54, 1.807) is 0 Å². The Labute approximate surface area is 188 Å². The molecule has 2 amide bonds. The predicted octanol–water partition coefficient (Wildman–Crippen LogP) is -0.148. The highest BCUT2D eigenvalue weighted by atomic mass is 16.7. The molecular formula is C20H36N6O6. The van der Waals surface area contributed by atoms with Gasteiger partial charge in [-0.05, 0) is 38.6 Å². The van der Waals surface area contributed by atoms with E-state index < -0.39 is 18.1 Å². The minimum Gasteiger partial charge on any atom is -0.480 e. The number of unbranched alkanes of at least 4 members (excludes halogenated alkanes) is 1. The molecule has 0 saturated carbocycles. The molecule has 2 heterocycles. The zero-order valence-electron chi connectivity index (χ0n) is 18.6. The Hall–Kier alpha value is -2.28. The predicted molar refractivity (Wildman–Crippen MR) is 117 cm³/mol. The second kappa shape index (κ2) is 14.7. The zero-order valence-corrected chi connectivity index (χ0v) is 18.6. The summed E-state index contributed by atoms with van der Waals surface area (Å²) in [5.41, 5.74) is 2.88. The van der Waals surface area contributed by atoms with Crippen LogP contribution >= 0.6 is 0 Å². The van der Waals surface area contributed by atoms with E-state index in [9.17, 15) is 19.5 Å². The molecule has 0 bridgehead atoms. The molecule has 182 valence electrons. The Kier molecular flexibility index (Phi) is 11.9. The third-order valence-corrected chi connectivity index (χ3v) is 5.11. The van der Waals surface area contributed by atoms with Gasteiger partial charge in [-0.3, -0.25) is 25.3 Å². The van der Waals surface area contributed by atoms with Crippen molar-refractivity contribution < 1.29 is 29.1 Å². The minimum atomic E-state index is -1.26. The molecule has 12 nitrogen and oxygen atoms in total. The normalized spacial score (nSPS) is 23.5. The lowest BCUT2D eigenvalue weighted by Crippen LogP contribution is -2.49. The summed E-state index contributed by atoms with van der Waals surface area (Å²) in [5, 5.41) is 20.6. The number of alkyl carbamates (subject to hydrolysis) is 1. The van der Waals surface area contributed by atoms with Crippen LogP contribution in [-0.4, -0.2) is 80.0 Å². The van der Waals surface area contributed by atoms with E-state index in [2.05, 4.69) is 31.7 Å². The number of rotatable bonds is 14. The number of carboxylic acids is 1. The number of carbonyl (C=O) groups excluding carboxylic acids is 2. The number of hydroxylamine groups is 1. The van der Waals surface area contributed by atoms with Gasteiger partial charge >= 0.3 is 12.1 Å². The van der Waals surface area contributed by atoms with Crippen molar-refractivity contribution in [1.29, 1.82) is 0 Å². The number of ether oxygens (including phenoxy) is 1. The maximum atomic E-state index is 12.2. The molecule has 0 radical (unpaired) electrons. The van der Waals surface area contributed by atoms with E-state index in [4.69, 9.17) is 9.57 Å². The van der Waals surface area contributed by atoms with Crippen molar-refractivity contribution in [2.24, 2.45) is 4.99 Å². The monoisotopic (exact) mass is 456 g/mol. The van der Waals surface area contributed by atoms with Crippen LogP contribution < -0.4 is 26.7 Å². The number of nitrogens with zero attached hydrogens (tertiary/aromatic N) is 1. The molecule has 0 spiro atoms.